The highest BCUT2D eigenvalue weighted by Crippen LogP contribution is 2.12. The molecule has 0 bridgehead atoms. The minimum atomic E-state index is -3.44. The first kappa shape index (κ1) is 14.2. The standard InChI is InChI=1S/C12H19N3O3S/c1-10-7-11(8-12(16)14-10)9-13-19(17,18)15-5-3-2-4-6-15/h7-8,13H,2-6,9H2,1H3,(H,14,16). The molecule has 1 fully saturated rings. The van der Waals surface area contributed by atoms with Crippen molar-refractivity contribution in [3.05, 3.63) is 33.7 Å². The van der Waals surface area contributed by atoms with Crippen molar-refractivity contribution >= 4 is 10.2 Å². The molecular formula is C12H19N3O3S. The number of nitrogens with one attached hydrogen (secondary N) is 2. The van der Waals surface area contributed by atoms with Crippen LogP contribution in [-0.4, -0.2) is 30.8 Å². The van der Waals surface area contributed by atoms with Crippen LogP contribution in [-0.2, 0) is 16.8 Å². The number of aromatic amines is 1. The van der Waals surface area contributed by atoms with Gasteiger partial charge < -0.3 is 4.98 Å². The number of rotatable bonds is 4. The zero-order chi connectivity index (χ0) is 13.9. The lowest BCUT2D eigenvalue weighted by Crippen LogP contribution is -2.43. The number of pyridine rings is 1. The van der Waals surface area contributed by atoms with Gasteiger partial charge in [-0.2, -0.15) is 17.4 Å². The molecule has 6 nitrogen and oxygen atoms in total. The first-order valence-electron chi connectivity index (χ1n) is 6.42. The van der Waals surface area contributed by atoms with Crippen LogP contribution in [0.25, 0.3) is 0 Å². The van der Waals surface area contributed by atoms with Crippen LogP contribution in [0.4, 0.5) is 0 Å². The van der Waals surface area contributed by atoms with E-state index in [4.69, 9.17) is 0 Å². The average molecular weight is 285 g/mol. The minimum Gasteiger partial charge on any atom is -0.326 e. The molecule has 1 aromatic heterocycles. The van der Waals surface area contributed by atoms with Crippen LogP contribution in [0, 0.1) is 6.92 Å². The molecule has 19 heavy (non-hydrogen) atoms. The van der Waals surface area contributed by atoms with Gasteiger partial charge in [-0.25, -0.2) is 0 Å². The maximum absolute atomic E-state index is 12.1. The van der Waals surface area contributed by atoms with Gasteiger partial charge >= 0.3 is 0 Å². The second kappa shape index (κ2) is 5.85. The molecule has 0 amide bonds. The fourth-order valence-corrected chi connectivity index (χ4v) is 3.50. The maximum Gasteiger partial charge on any atom is 0.279 e. The number of H-pyrrole nitrogens is 1. The summed E-state index contributed by atoms with van der Waals surface area (Å²) in [5.74, 6) is 0. The molecule has 0 aromatic carbocycles. The van der Waals surface area contributed by atoms with Gasteiger partial charge in [-0.05, 0) is 31.4 Å². The van der Waals surface area contributed by atoms with Gasteiger partial charge in [0.2, 0.25) is 5.56 Å². The van der Waals surface area contributed by atoms with Crippen LogP contribution in [0.5, 0.6) is 0 Å². The zero-order valence-corrected chi connectivity index (χ0v) is 11.8. The van der Waals surface area contributed by atoms with E-state index < -0.39 is 10.2 Å². The largest absolute Gasteiger partial charge is 0.326 e. The third-order valence-corrected chi connectivity index (χ3v) is 4.71. The lowest BCUT2D eigenvalue weighted by atomic mass is 10.2. The Balaban J connectivity index is 2.02. The van der Waals surface area contributed by atoms with Gasteiger partial charge in [0.15, 0.2) is 0 Å². The van der Waals surface area contributed by atoms with Gasteiger partial charge in [0, 0.05) is 31.4 Å². The van der Waals surface area contributed by atoms with Crippen molar-refractivity contribution in [2.45, 2.75) is 32.7 Å². The summed E-state index contributed by atoms with van der Waals surface area (Å²) in [6.45, 7) is 3.06. The third kappa shape index (κ3) is 3.89. The van der Waals surface area contributed by atoms with Gasteiger partial charge in [0.1, 0.15) is 0 Å². The van der Waals surface area contributed by atoms with E-state index in [9.17, 15) is 13.2 Å². The van der Waals surface area contributed by atoms with Crippen LogP contribution < -0.4 is 10.3 Å². The molecule has 1 saturated heterocycles. The molecule has 1 aromatic rings. The smallest absolute Gasteiger partial charge is 0.279 e. The second-order valence-corrected chi connectivity index (χ2v) is 6.58. The molecule has 1 aliphatic rings. The van der Waals surface area contributed by atoms with Crippen molar-refractivity contribution in [2.75, 3.05) is 13.1 Å². The molecule has 0 unspecified atom stereocenters. The molecule has 0 atom stereocenters. The van der Waals surface area contributed by atoms with E-state index in [1.165, 1.54) is 10.4 Å². The fourth-order valence-electron chi connectivity index (χ4n) is 2.23. The first-order valence-corrected chi connectivity index (χ1v) is 7.86. The lowest BCUT2D eigenvalue weighted by molar-refractivity contribution is 0.341. The Bertz CT molecular complexity index is 588. The number of aryl methyl sites for hydroxylation is 1. The van der Waals surface area contributed by atoms with Gasteiger partial charge in [-0.15, -0.1) is 0 Å². The van der Waals surface area contributed by atoms with E-state index in [0.29, 0.717) is 18.7 Å². The average Bonchev–Trinajstić information content (AvgIpc) is 2.37. The number of piperidine rings is 1. The van der Waals surface area contributed by atoms with Gasteiger partial charge in [-0.1, -0.05) is 6.42 Å². The number of aromatic nitrogens is 1. The normalized spacial score (nSPS) is 17.5. The second-order valence-electron chi connectivity index (χ2n) is 4.82. The molecule has 2 rings (SSSR count). The summed E-state index contributed by atoms with van der Waals surface area (Å²) in [5.41, 5.74) is 1.17. The third-order valence-electron chi connectivity index (χ3n) is 3.15. The molecule has 0 saturated carbocycles. The highest BCUT2D eigenvalue weighted by molar-refractivity contribution is 7.87. The van der Waals surface area contributed by atoms with E-state index in [-0.39, 0.29) is 12.1 Å². The monoisotopic (exact) mass is 285 g/mol. The molecule has 1 aliphatic heterocycles. The summed E-state index contributed by atoms with van der Waals surface area (Å²) in [6.07, 6.45) is 2.90. The van der Waals surface area contributed by atoms with Crippen molar-refractivity contribution < 1.29 is 8.42 Å². The topological polar surface area (TPSA) is 82.3 Å². The Labute approximate surface area is 113 Å². The van der Waals surface area contributed by atoms with E-state index >= 15 is 0 Å². The van der Waals surface area contributed by atoms with Crippen molar-refractivity contribution in [2.24, 2.45) is 0 Å². The number of hydrogen-bond acceptors (Lipinski definition) is 3. The molecule has 0 aliphatic carbocycles. The van der Waals surface area contributed by atoms with Crippen LogP contribution in [0.1, 0.15) is 30.5 Å². The van der Waals surface area contributed by atoms with Crippen molar-refractivity contribution in [1.82, 2.24) is 14.0 Å². The summed E-state index contributed by atoms with van der Waals surface area (Å²) in [6, 6.07) is 3.17. The maximum atomic E-state index is 12.1. The van der Waals surface area contributed by atoms with Crippen LogP contribution in [0.15, 0.2) is 16.9 Å². The molecule has 2 N–H and O–H groups in total. The Morgan fingerprint density at radius 3 is 2.58 bits per heavy atom. The van der Waals surface area contributed by atoms with E-state index in [2.05, 4.69) is 9.71 Å². The summed E-state index contributed by atoms with van der Waals surface area (Å²) in [5, 5.41) is 0. The SMILES string of the molecule is Cc1cc(CNS(=O)(=O)N2CCCCC2)cc(=O)[nH]1. The van der Waals surface area contributed by atoms with E-state index in [0.717, 1.165) is 25.0 Å². The van der Waals surface area contributed by atoms with E-state index in [1.807, 2.05) is 0 Å². The van der Waals surface area contributed by atoms with Gasteiger partial charge in [0.05, 0.1) is 0 Å². The number of nitrogens with zero attached hydrogens (tertiary/aromatic N) is 1. The predicted octanol–water partition coefficient (Wildman–Crippen LogP) is 0.504. The zero-order valence-electron chi connectivity index (χ0n) is 11.0. The quantitative estimate of drug-likeness (QED) is 0.845. The predicted molar refractivity (Wildman–Crippen MR) is 73.0 cm³/mol. The fraction of sp³-hybridized carbons (Fsp3) is 0.583. The molecule has 106 valence electrons. The Morgan fingerprint density at radius 2 is 1.95 bits per heavy atom. The van der Waals surface area contributed by atoms with Crippen LogP contribution in [0.2, 0.25) is 0 Å². The Kier molecular flexibility index (Phi) is 4.38. The molecule has 7 heteroatoms. The molecular weight excluding hydrogens is 266 g/mol. The Morgan fingerprint density at radius 1 is 1.26 bits per heavy atom. The highest BCUT2D eigenvalue weighted by Gasteiger charge is 2.23. The molecule has 0 spiro atoms. The summed E-state index contributed by atoms with van der Waals surface area (Å²) in [7, 11) is -3.44. The summed E-state index contributed by atoms with van der Waals surface area (Å²) in [4.78, 5) is 13.9. The van der Waals surface area contributed by atoms with Crippen molar-refractivity contribution in [1.29, 1.82) is 0 Å². The van der Waals surface area contributed by atoms with Gasteiger partial charge in [-0.3, -0.25) is 4.79 Å². The number of hydrogen-bond donors (Lipinski definition) is 2. The molecule has 2 heterocycles. The summed E-state index contributed by atoms with van der Waals surface area (Å²) >= 11 is 0. The Hall–Kier alpha value is -1.18. The van der Waals surface area contributed by atoms with Crippen LogP contribution >= 0.6 is 0 Å². The lowest BCUT2D eigenvalue weighted by Gasteiger charge is -2.25. The molecule has 0 radical (unpaired) electrons. The first-order chi connectivity index (χ1) is 8.97. The van der Waals surface area contributed by atoms with E-state index in [1.54, 1.807) is 13.0 Å². The van der Waals surface area contributed by atoms with Crippen molar-refractivity contribution in [3.63, 3.8) is 0 Å². The summed E-state index contributed by atoms with van der Waals surface area (Å²) < 4.78 is 28.1. The van der Waals surface area contributed by atoms with Crippen molar-refractivity contribution in [3.8, 4) is 0 Å². The van der Waals surface area contributed by atoms with Gasteiger partial charge in [0.25, 0.3) is 10.2 Å². The highest BCUT2D eigenvalue weighted by atomic mass is 32.2. The minimum absolute atomic E-state index is 0.142. The van der Waals surface area contributed by atoms with Crippen LogP contribution in [0.3, 0.4) is 0 Å².